The molecule has 1 atom stereocenters. The van der Waals surface area contributed by atoms with E-state index in [1.807, 2.05) is 66.7 Å². The predicted octanol–water partition coefficient (Wildman–Crippen LogP) is 6.75. The van der Waals surface area contributed by atoms with Crippen LogP contribution in [0.4, 0.5) is 5.69 Å². The fourth-order valence-corrected chi connectivity index (χ4v) is 4.84. The average Bonchev–Trinajstić information content (AvgIpc) is 3.28. The number of nitrogens with zero attached hydrogens (tertiary/aromatic N) is 1. The van der Waals surface area contributed by atoms with E-state index < -0.39 is 9.04 Å². The van der Waals surface area contributed by atoms with Crippen LogP contribution in [0.5, 0.6) is 0 Å². The summed E-state index contributed by atoms with van der Waals surface area (Å²) in [6.07, 6.45) is 3.81. The summed E-state index contributed by atoms with van der Waals surface area (Å²) in [4.78, 5) is 12.7. The second-order valence-electron chi connectivity index (χ2n) is 10.3. The Morgan fingerprint density at radius 2 is 1.76 bits per heavy atom. The molecule has 0 fully saturated rings. The number of nitrogens with one attached hydrogen (secondary N) is 2. The number of hydrogen-bond acceptors (Lipinski definition) is 3. The maximum atomic E-state index is 12.7. The summed E-state index contributed by atoms with van der Waals surface area (Å²) in [6.45, 7) is 10.8. The number of hydrogen-bond donors (Lipinski definition) is 2. The number of aromatic amines is 1. The summed E-state index contributed by atoms with van der Waals surface area (Å²) in [5.41, 5.74) is 4.85. The lowest BCUT2D eigenvalue weighted by Crippen LogP contribution is -2.31. The summed E-state index contributed by atoms with van der Waals surface area (Å²) < 4.78 is 6.19. The smallest absolute Gasteiger partial charge is 0.255 e. The molecule has 6 heteroatoms. The van der Waals surface area contributed by atoms with E-state index in [4.69, 9.17) is 4.43 Å². The van der Waals surface area contributed by atoms with Crippen LogP contribution in [0.1, 0.15) is 48.0 Å². The third kappa shape index (κ3) is 6.85. The molecule has 0 saturated carbocycles. The molecule has 0 aliphatic rings. The number of anilines is 1. The molecule has 37 heavy (non-hydrogen) atoms. The Morgan fingerprint density at radius 1 is 1.03 bits per heavy atom. The molecule has 3 aromatic carbocycles. The molecule has 0 spiro atoms. The zero-order chi connectivity index (χ0) is 26.4. The second-order valence-corrected chi connectivity index (χ2v) is 12.7. The maximum Gasteiger partial charge on any atom is 0.255 e. The molecule has 0 aliphatic heterocycles. The van der Waals surface area contributed by atoms with Crippen molar-refractivity contribution in [3.8, 4) is 11.8 Å². The van der Waals surface area contributed by atoms with Gasteiger partial charge >= 0.3 is 0 Å². The molecule has 2 N–H and O–H groups in total. The molecule has 4 aromatic rings. The Hall–Kier alpha value is -3.92. The highest BCUT2D eigenvalue weighted by molar-refractivity contribution is 6.48. The van der Waals surface area contributed by atoms with E-state index in [1.165, 1.54) is 0 Å². The first-order valence-corrected chi connectivity index (χ1v) is 15.3. The molecular formula is C31H33N3O2Si. The van der Waals surface area contributed by atoms with Crippen LogP contribution in [-0.4, -0.2) is 31.2 Å². The van der Waals surface area contributed by atoms with Crippen LogP contribution in [0, 0.1) is 17.3 Å². The Kier molecular flexibility index (Phi) is 8.07. The zero-order valence-corrected chi connectivity index (χ0v) is 23.2. The fraction of sp³-hybridized carbons (Fsp3) is 0.226. The van der Waals surface area contributed by atoms with E-state index in [1.54, 1.807) is 12.1 Å². The van der Waals surface area contributed by atoms with Crippen molar-refractivity contribution in [3.63, 3.8) is 0 Å². The van der Waals surface area contributed by atoms with Crippen molar-refractivity contribution in [1.29, 1.82) is 0 Å². The van der Waals surface area contributed by atoms with Crippen LogP contribution in [0.25, 0.3) is 23.1 Å². The summed E-state index contributed by atoms with van der Waals surface area (Å²) in [5.74, 6) is 6.53. The summed E-state index contributed by atoms with van der Waals surface area (Å²) >= 11 is 0. The Bertz CT molecular complexity index is 1470. The third-order valence-corrected chi connectivity index (χ3v) is 6.62. The summed E-state index contributed by atoms with van der Waals surface area (Å²) in [6, 6.07) is 23.0. The average molecular weight is 508 g/mol. The molecular weight excluding hydrogens is 474 g/mol. The highest BCUT2D eigenvalue weighted by Gasteiger charge is 2.24. The van der Waals surface area contributed by atoms with E-state index in [0.717, 1.165) is 33.4 Å². The van der Waals surface area contributed by atoms with Crippen LogP contribution in [0.3, 0.4) is 0 Å². The zero-order valence-electron chi connectivity index (χ0n) is 22.0. The number of carbonyl (C=O) groups excluding carboxylic acids is 1. The van der Waals surface area contributed by atoms with Crippen molar-refractivity contribution in [1.82, 2.24) is 10.2 Å². The van der Waals surface area contributed by atoms with Crippen molar-refractivity contribution in [2.24, 2.45) is 5.41 Å². The Labute approximate surface area is 220 Å². The van der Waals surface area contributed by atoms with Crippen LogP contribution >= 0.6 is 0 Å². The molecule has 188 valence electrons. The standard InChI is InChI=1S/C31H33N3O2Si/c1-31(2,3)29(36-37(4)5)20-16-22-15-18-27-25(21-22)28(34-33-27)19-17-23-11-9-10-14-26(23)32-30(35)24-12-7-6-8-13-24/h6-15,17-19,21,29,37H,1-5H3,(H,32,35)(H,33,34). The quantitative estimate of drug-likeness (QED) is 0.224. The van der Waals surface area contributed by atoms with Crippen molar-refractivity contribution in [3.05, 3.63) is 95.2 Å². The van der Waals surface area contributed by atoms with Gasteiger partial charge < -0.3 is 9.74 Å². The Balaban J connectivity index is 1.59. The van der Waals surface area contributed by atoms with Gasteiger partial charge in [0.05, 0.1) is 11.2 Å². The van der Waals surface area contributed by atoms with Gasteiger partial charge in [-0.2, -0.15) is 5.10 Å². The minimum absolute atomic E-state index is 0.0543. The number of benzene rings is 3. The summed E-state index contributed by atoms with van der Waals surface area (Å²) in [7, 11) is -1.22. The minimum atomic E-state index is -1.22. The number of carbonyl (C=O) groups is 1. The molecule has 0 aliphatic carbocycles. The highest BCUT2D eigenvalue weighted by atomic mass is 28.3. The first-order chi connectivity index (χ1) is 17.7. The first-order valence-electron chi connectivity index (χ1n) is 12.5. The highest BCUT2D eigenvalue weighted by Crippen LogP contribution is 2.24. The molecule has 1 aromatic heterocycles. The van der Waals surface area contributed by atoms with Gasteiger partial charge in [0.25, 0.3) is 5.91 Å². The molecule has 0 bridgehead atoms. The SMILES string of the molecule is C[SiH](C)OC(C#Cc1ccc2[nH]nc(C=Cc3ccccc3NC(=O)c3ccccc3)c2c1)C(C)(C)C. The second kappa shape index (κ2) is 11.4. The molecule has 5 nitrogen and oxygen atoms in total. The van der Waals surface area contributed by atoms with Gasteiger partial charge in [-0.15, -0.1) is 0 Å². The van der Waals surface area contributed by atoms with Gasteiger partial charge in [0.2, 0.25) is 0 Å². The normalized spacial score (nSPS) is 12.5. The van der Waals surface area contributed by atoms with Crippen LogP contribution in [-0.2, 0) is 4.43 Å². The van der Waals surface area contributed by atoms with Gasteiger partial charge in [-0.3, -0.25) is 9.89 Å². The molecule has 0 radical (unpaired) electrons. The lowest BCUT2D eigenvalue weighted by Gasteiger charge is -2.28. The number of fused-ring (bicyclic) bond motifs is 1. The largest absolute Gasteiger partial charge is 0.406 e. The van der Waals surface area contributed by atoms with Gasteiger partial charge in [-0.1, -0.05) is 75.1 Å². The van der Waals surface area contributed by atoms with Crippen molar-refractivity contribution >= 4 is 43.7 Å². The lowest BCUT2D eigenvalue weighted by molar-refractivity contribution is 0.102. The van der Waals surface area contributed by atoms with E-state index in [2.05, 4.69) is 67.3 Å². The van der Waals surface area contributed by atoms with E-state index >= 15 is 0 Å². The van der Waals surface area contributed by atoms with Crippen molar-refractivity contribution < 1.29 is 9.22 Å². The Morgan fingerprint density at radius 3 is 2.49 bits per heavy atom. The molecule has 0 saturated heterocycles. The number of amides is 1. The predicted molar refractivity (Wildman–Crippen MR) is 156 cm³/mol. The minimum Gasteiger partial charge on any atom is -0.406 e. The van der Waals surface area contributed by atoms with Crippen LogP contribution < -0.4 is 5.32 Å². The van der Waals surface area contributed by atoms with E-state index in [0.29, 0.717) is 5.56 Å². The van der Waals surface area contributed by atoms with Crippen LogP contribution in [0.15, 0.2) is 72.8 Å². The number of H-pyrrole nitrogens is 1. The van der Waals surface area contributed by atoms with E-state index in [9.17, 15) is 4.79 Å². The molecule has 4 rings (SSSR count). The lowest BCUT2D eigenvalue weighted by atomic mass is 9.89. The van der Waals surface area contributed by atoms with Gasteiger partial charge in [-0.25, -0.2) is 0 Å². The molecule has 1 amide bonds. The van der Waals surface area contributed by atoms with Gasteiger partial charge in [0.15, 0.2) is 9.04 Å². The van der Waals surface area contributed by atoms with E-state index in [-0.39, 0.29) is 17.4 Å². The number of para-hydroxylation sites is 1. The van der Waals surface area contributed by atoms with Crippen molar-refractivity contribution in [2.45, 2.75) is 40.0 Å². The van der Waals surface area contributed by atoms with Gasteiger partial charge in [-0.05, 0) is 66.5 Å². The summed E-state index contributed by atoms with van der Waals surface area (Å²) in [5, 5.41) is 11.6. The van der Waals surface area contributed by atoms with Crippen LogP contribution in [0.2, 0.25) is 13.1 Å². The topological polar surface area (TPSA) is 67.0 Å². The first kappa shape index (κ1) is 26.1. The maximum absolute atomic E-state index is 12.7. The van der Waals surface area contributed by atoms with Gasteiger partial charge in [0, 0.05) is 22.2 Å². The molecule has 1 heterocycles. The van der Waals surface area contributed by atoms with Crippen molar-refractivity contribution in [2.75, 3.05) is 5.32 Å². The number of rotatable bonds is 6. The molecule has 1 unspecified atom stereocenters. The number of aromatic nitrogens is 2. The monoisotopic (exact) mass is 507 g/mol. The third-order valence-electron chi connectivity index (χ3n) is 5.80. The fourth-order valence-electron chi connectivity index (χ4n) is 3.82. The van der Waals surface area contributed by atoms with Gasteiger partial charge in [0.1, 0.15) is 6.10 Å².